The number of nitrogens with zero attached hydrogens (tertiary/aromatic N) is 3. The standard InChI is InChI=1S/C29H30N4O9/c1-29(2,20-14-22(40-3)17-23(15-20)41-4)42-28(35)30-24(12-18-8-6-5-7-9-18)27(34)31-11-10-19-13-21(32(36)37)16-25(26(19)31)33(38)39/h5-9,13-17,24H,10-12H2,1-4H3,(H,30,35)/t24-/m0/s1. The Labute approximate surface area is 241 Å². The molecule has 0 saturated carbocycles. The third kappa shape index (κ3) is 6.40. The number of nitrogens with one attached hydrogen (secondary N) is 1. The lowest BCUT2D eigenvalue weighted by Crippen LogP contribution is -2.50. The molecular formula is C29H30N4O9. The van der Waals surface area contributed by atoms with E-state index in [0.29, 0.717) is 22.6 Å². The number of carbonyl (C=O) groups excluding carboxylic acids is 2. The Hall–Kier alpha value is -5.20. The van der Waals surface area contributed by atoms with Crippen LogP contribution in [0.15, 0.2) is 60.7 Å². The number of alkyl carbamates (subject to hydrolysis) is 1. The highest BCUT2D eigenvalue weighted by molar-refractivity contribution is 6.02. The number of amides is 2. The molecule has 0 saturated heterocycles. The Balaban J connectivity index is 1.64. The Bertz CT molecular complexity index is 1500. The highest BCUT2D eigenvalue weighted by atomic mass is 16.6. The number of non-ortho nitro benzene ring substituents is 1. The van der Waals surface area contributed by atoms with Gasteiger partial charge in [-0.2, -0.15) is 0 Å². The van der Waals surface area contributed by atoms with Gasteiger partial charge in [-0.25, -0.2) is 4.79 Å². The molecule has 1 aliphatic heterocycles. The third-order valence-corrected chi connectivity index (χ3v) is 6.97. The van der Waals surface area contributed by atoms with Gasteiger partial charge in [0, 0.05) is 30.7 Å². The summed E-state index contributed by atoms with van der Waals surface area (Å²) >= 11 is 0. The number of methoxy groups -OCH3 is 2. The van der Waals surface area contributed by atoms with Crippen molar-refractivity contribution in [2.75, 3.05) is 25.7 Å². The van der Waals surface area contributed by atoms with Gasteiger partial charge in [0.1, 0.15) is 28.8 Å². The van der Waals surface area contributed by atoms with Crippen LogP contribution in [0, 0.1) is 20.2 Å². The van der Waals surface area contributed by atoms with Gasteiger partial charge in [0.05, 0.1) is 30.1 Å². The minimum Gasteiger partial charge on any atom is -0.497 e. The number of benzene rings is 3. The minimum atomic E-state index is -1.18. The van der Waals surface area contributed by atoms with Crippen molar-refractivity contribution < 1.29 is 33.6 Å². The predicted octanol–water partition coefficient (Wildman–Crippen LogP) is 4.68. The molecule has 13 nitrogen and oxygen atoms in total. The second-order valence-corrected chi connectivity index (χ2v) is 10.1. The summed E-state index contributed by atoms with van der Waals surface area (Å²) in [7, 11) is 3.00. The van der Waals surface area contributed by atoms with Gasteiger partial charge in [0.25, 0.3) is 11.4 Å². The number of hydrogen-bond acceptors (Lipinski definition) is 9. The molecule has 1 N–H and O–H groups in total. The number of nitro groups is 2. The van der Waals surface area contributed by atoms with Gasteiger partial charge in [-0.3, -0.25) is 25.0 Å². The van der Waals surface area contributed by atoms with Crippen LogP contribution in [0.3, 0.4) is 0 Å². The van der Waals surface area contributed by atoms with Crippen LogP contribution in [-0.4, -0.2) is 48.7 Å². The molecule has 220 valence electrons. The van der Waals surface area contributed by atoms with E-state index >= 15 is 0 Å². The molecule has 3 aromatic rings. The Morgan fingerprint density at radius 3 is 2.19 bits per heavy atom. The van der Waals surface area contributed by atoms with E-state index < -0.39 is 44.9 Å². The molecule has 4 rings (SSSR count). The summed E-state index contributed by atoms with van der Waals surface area (Å²) < 4.78 is 16.4. The Morgan fingerprint density at radius 2 is 1.62 bits per heavy atom. The first-order valence-corrected chi connectivity index (χ1v) is 13.0. The van der Waals surface area contributed by atoms with E-state index in [2.05, 4.69) is 5.32 Å². The van der Waals surface area contributed by atoms with Crippen LogP contribution in [0.4, 0.5) is 21.9 Å². The van der Waals surface area contributed by atoms with Gasteiger partial charge in [-0.15, -0.1) is 0 Å². The number of anilines is 1. The van der Waals surface area contributed by atoms with Crippen LogP contribution in [0.5, 0.6) is 11.5 Å². The molecule has 0 spiro atoms. The quantitative estimate of drug-likeness (QED) is 0.266. The summed E-state index contributed by atoms with van der Waals surface area (Å²) in [5.74, 6) is 0.369. The van der Waals surface area contributed by atoms with E-state index in [1.54, 1.807) is 62.4 Å². The van der Waals surface area contributed by atoms with Gasteiger partial charge < -0.3 is 24.4 Å². The number of nitro benzene ring substituents is 2. The van der Waals surface area contributed by atoms with Crippen LogP contribution in [-0.2, 0) is 28.0 Å². The predicted molar refractivity (Wildman–Crippen MR) is 152 cm³/mol. The van der Waals surface area contributed by atoms with E-state index in [9.17, 15) is 29.8 Å². The highest BCUT2D eigenvalue weighted by Crippen LogP contribution is 2.40. The topological polar surface area (TPSA) is 163 Å². The molecule has 0 fully saturated rings. The molecule has 0 aromatic heterocycles. The summed E-state index contributed by atoms with van der Waals surface area (Å²) in [6, 6.07) is 14.9. The normalized spacial score (nSPS) is 13.1. The number of hydrogen-bond donors (Lipinski definition) is 1. The van der Waals surface area contributed by atoms with Crippen LogP contribution < -0.4 is 19.7 Å². The smallest absolute Gasteiger partial charge is 0.408 e. The summed E-state index contributed by atoms with van der Waals surface area (Å²) in [4.78, 5) is 50.1. The first-order chi connectivity index (χ1) is 19.9. The maximum atomic E-state index is 13.9. The summed E-state index contributed by atoms with van der Waals surface area (Å²) in [6.07, 6.45) is -0.653. The molecule has 1 heterocycles. The molecule has 2 amide bonds. The average molecular weight is 579 g/mol. The van der Waals surface area contributed by atoms with Gasteiger partial charge in [-0.05, 0) is 43.5 Å². The molecule has 1 atom stereocenters. The van der Waals surface area contributed by atoms with Crippen LogP contribution in [0.25, 0.3) is 0 Å². The van der Waals surface area contributed by atoms with E-state index in [1.807, 2.05) is 0 Å². The zero-order chi connectivity index (χ0) is 30.6. The molecule has 0 aliphatic carbocycles. The largest absolute Gasteiger partial charge is 0.497 e. The van der Waals surface area contributed by atoms with Crippen molar-refractivity contribution in [2.45, 2.75) is 38.3 Å². The number of rotatable bonds is 10. The number of fused-ring (bicyclic) bond motifs is 1. The van der Waals surface area contributed by atoms with E-state index in [4.69, 9.17) is 14.2 Å². The molecule has 0 radical (unpaired) electrons. The number of carbonyl (C=O) groups is 2. The van der Waals surface area contributed by atoms with Crippen LogP contribution in [0.1, 0.15) is 30.5 Å². The summed E-state index contributed by atoms with van der Waals surface area (Å²) in [5, 5.41) is 25.8. The first-order valence-electron chi connectivity index (χ1n) is 13.0. The maximum Gasteiger partial charge on any atom is 0.408 e. The fraction of sp³-hybridized carbons (Fsp3) is 0.310. The van der Waals surface area contributed by atoms with E-state index in [1.165, 1.54) is 25.2 Å². The molecule has 3 aromatic carbocycles. The van der Waals surface area contributed by atoms with Crippen molar-refractivity contribution in [3.8, 4) is 11.5 Å². The molecule has 0 unspecified atom stereocenters. The fourth-order valence-electron chi connectivity index (χ4n) is 4.83. The SMILES string of the molecule is COc1cc(OC)cc(C(C)(C)OC(=O)N[C@@H](Cc2ccccc2)C(=O)N2CCc3cc([N+](=O)[O-])cc([N+](=O)[O-])c32)c1. The molecule has 1 aliphatic rings. The highest BCUT2D eigenvalue weighted by Gasteiger charge is 2.39. The van der Waals surface area contributed by atoms with Gasteiger partial charge >= 0.3 is 6.09 Å². The van der Waals surface area contributed by atoms with Crippen molar-refractivity contribution in [3.63, 3.8) is 0 Å². The van der Waals surface area contributed by atoms with Gasteiger partial charge in [-0.1, -0.05) is 30.3 Å². The fourth-order valence-corrected chi connectivity index (χ4v) is 4.83. The lowest BCUT2D eigenvalue weighted by molar-refractivity contribution is -0.393. The number of ether oxygens (including phenoxy) is 3. The summed E-state index contributed by atoms with van der Waals surface area (Å²) in [6.45, 7) is 3.39. The average Bonchev–Trinajstić information content (AvgIpc) is 3.39. The lowest BCUT2D eigenvalue weighted by atomic mass is 9.97. The van der Waals surface area contributed by atoms with Crippen molar-refractivity contribution >= 4 is 29.1 Å². The van der Waals surface area contributed by atoms with Gasteiger partial charge in [0.2, 0.25) is 5.91 Å². The van der Waals surface area contributed by atoms with Crippen molar-refractivity contribution in [2.24, 2.45) is 0 Å². The molecule has 0 bridgehead atoms. The zero-order valence-electron chi connectivity index (χ0n) is 23.5. The lowest BCUT2D eigenvalue weighted by Gasteiger charge is -2.29. The molecular weight excluding hydrogens is 548 g/mol. The first kappa shape index (κ1) is 29.8. The third-order valence-electron chi connectivity index (χ3n) is 6.97. The van der Waals surface area contributed by atoms with Crippen molar-refractivity contribution in [1.29, 1.82) is 0 Å². The monoisotopic (exact) mass is 578 g/mol. The van der Waals surface area contributed by atoms with Crippen molar-refractivity contribution in [3.05, 3.63) is 97.6 Å². The molecule has 13 heteroatoms. The zero-order valence-corrected chi connectivity index (χ0v) is 23.5. The maximum absolute atomic E-state index is 13.9. The van der Waals surface area contributed by atoms with E-state index in [-0.39, 0.29) is 25.1 Å². The van der Waals surface area contributed by atoms with Crippen molar-refractivity contribution in [1.82, 2.24) is 5.32 Å². The Morgan fingerprint density at radius 1 is 0.976 bits per heavy atom. The molecule has 42 heavy (non-hydrogen) atoms. The Kier molecular flexibility index (Phi) is 8.59. The minimum absolute atomic E-state index is 0.0207. The second kappa shape index (κ2) is 12.1. The van der Waals surface area contributed by atoms with Gasteiger partial charge in [0.15, 0.2) is 0 Å². The van der Waals surface area contributed by atoms with Crippen LogP contribution in [0.2, 0.25) is 0 Å². The second-order valence-electron chi connectivity index (χ2n) is 10.1. The van der Waals surface area contributed by atoms with E-state index in [0.717, 1.165) is 11.6 Å². The summed E-state index contributed by atoms with van der Waals surface area (Å²) in [5.41, 5.74) is -0.584. The van der Waals surface area contributed by atoms with Crippen LogP contribution >= 0.6 is 0 Å².